The van der Waals surface area contributed by atoms with Crippen LogP contribution in [0.2, 0.25) is 5.02 Å². The van der Waals surface area contributed by atoms with Gasteiger partial charge in [-0.15, -0.1) is 0 Å². The van der Waals surface area contributed by atoms with E-state index in [1.54, 1.807) is 30.3 Å². The van der Waals surface area contributed by atoms with Crippen molar-refractivity contribution in [1.82, 2.24) is 10.6 Å². The minimum atomic E-state index is -1.15. The fourth-order valence-corrected chi connectivity index (χ4v) is 2.53. The molecule has 2 rings (SSSR count). The highest BCUT2D eigenvalue weighted by molar-refractivity contribution is 6.30. The number of halogens is 1. The Hall–Kier alpha value is -3.06. The molecular formula is C20H21ClN2O5. The number of furan rings is 1. The molecule has 1 aromatic carbocycles. The van der Waals surface area contributed by atoms with E-state index >= 15 is 0 Å². The van der Waals surface area contributed by atoms with Gasteiger partial charge in [-0.2, -0.15) is 0 Å². The molecule has 2 aromatic rings. The van der Waals surface area contributed by atoms with Gasteiger partial charge in [0.1, 0.15) is 11.7 Å². The first-order valence-corrected chi connectivity index (χ1v) is 9.00. The Morgan fingerprint density at radius 3 is 2.39 bits per heavy atom. The van der Waals surface area contributed by atoms with E-state index in [0.29, 0.717) is 10.6 Å². The van der Waals surface area contributed by atoms with E-state index in [4.69, 9.17) is 16.0 Å². The summed E-state index contributed by atoms with van der Waals surface area (Å²) in [7, 11) is 0. The smallest absolute Gasteiger partial charge is 0.326 e. The highest BCUT2D eigenvalue weighted by Crippen LogP contribution is 2.13. The zero-order chi connectivity index (χ0) is 20.7. The predicted molar refractivity (Wildman–Crippen MR) is 105 cm³/mol. The van der Waals surface area contributed by atoms with Crippen molar-refractivity contribution < 1.29 is 23.9 Å². The zero-order valence-electron chi connectivity index (χ0n) is 15.4. The molecule has 0 spiro atoms. The van der Waals surface area contributed by atoms with Gasteiger partial charge >= 0.3 is 5.97 Å². The van der Waals surface area contributed by atoms with Crippen LogP contribution in [0, 0.1) is 5.92 Å². The van der Waals surface area contributed by atoms with Crippen molar-refractivity contribution >= 4 is 35.5 Å². The van der Waals surface area contributed by atoms with E-state index < -0.39 is 23.8 Å². The second kappa shape index (κ2) is 9.75. The van der Waals surface area contributed by atoms with Gasteiger partial charge in [0.25, 0.3) is 11.8 Å². The minimum Gasteiger partial charge on any atom is -0.480 e. The maximum Gasteiger partial charge on any atom is 0.326 e. The third-order valence-corrected chi connectivity index (χ3v) is 3.98. The van der Waals surface area contributed by atoms with Gasteiger partial charge in [0.05, 0.1) is 6.26 Å². The van der Waals surface area contributed by atoms with Crippen LogP contribution < -0.4 is 10.6 Å². The van der Waals surface area contributed by atoms with E-state index in [1.165, 1.54) is 18.4 Å². The Bertz CT molecular complexity index is 857. The number of carbonyl (C=O) groups is 3. The van der Waals surface area contributed by atoms with Gasteiger partial charge in [0.2, 0.25) is 0 Å². The lowest BCUT2D eigenvalue weighted by atomic mass is 10.0. The summed E-state index contributed by atoms with van der Waals surface area (Å²) in [4.78, 5) is 36.4. The van der Waals surface area contributed by atoms with Crippen LogP contribution in [-0.2, 0) is 9.59 Å². The van der Waals surface area contributed by atoms with Crippen molar-refractivity contribution in [3.8, 4) is 0 Å². The summed E-state index contributed by atoms with van der Waals surface area (Å²) in [5.41, 5.74) is 0.490. The molecule has 0 aliphatic heterocycles. The lowest BCUT2D eigenvalue weighted by Crippen LogP contribution is -2.44. The van der Waals surface area contributed by atoms with Crippen molar-refractivity contribution in [2.75, 3.05) is 0 Å². The molecule has 1 heterocycles. The van der Waals surface area contributed by atoms with Crippen LogP contribution in [0.4, 0.5) is 0 Å². The molecule has 7 nitrogen and oxygen atoms in total. The first-order valence-electron chi connectivity index (χ1n) is 8.62. The molecule has 2 amide bonds. The van der Waals surface area contributed by atoms with Gasteiger partial charge in [-0.05, 0) is 48.2 Å². The van der Waals surface area contributed by atoms with Crippen molar-refractivity contribution in [2.24, 2.45) is 5.92 Å². The van der Waals surface area contributed by atoms with E-state index in [-0.39, 0.29) is 23.8 Å². The summed E-state index contributed by atoms with van der Waals surface area (Å²) in [6, 6.07) is 8.51. The van der Waals surface area contributed by atoms with Gasteiger partial charge in [-0.1, -0.05) is 37.6 Å². The molecule has 1 unspecified atom stereocenters. The fraction of sp³-hybridized carbons (Fsp3) is 0.250. The van der Waals surface area contributed by atoms with Crippen molar-refractivity contribution in [3.05, 3.63) is 64.7 Å². The first-order chi connectivity index (χ1) is 13.3. The third-order valence-electron chi connectivity index (χ3n) is 3.73. The van der Waals surface area contributed by atoms with Crippen LogP contribution in [0.1, 0.15) is 36.4 Å². The predicted octanol–water partition coefficient (Wildman–Crippen LogP) is 3.32. The van der Waals surface area contributed by atoms with E-state index in [9.17, 15) is 19.5 Å². The molecule has 28 heavy (non-hydrogen) atoms. The fourth-order valence-electron chi connectivity index (χ4n) is 2.40. The number of hydrogen-bond acceptors (Lipinski definition) is 4. The molecule has 0 saturated carbocycles. The highest BCUT2D eigenvalue weighted by atomic mass is 35.5. The summed E-state index contributed by atoms with van der Waals surface area (Å²) in [5.74, 6) is -2.42. The molecule has 3 N–H and O–H groups in total. The second-order valence-corrected chi connectivity index (χ2v) is 6.97. The summed E-state index contributed by atoms with van der Waals surface area (Å²) in [6.07, 6.45) is 3.02. The lowest BCUT2D eigenvalue weighted by Gasteiger charge is -2.18. The molecular weight excluding hydrogens is 384 g/mol. The molecule has 8 heteroatoms. The van der Waals surface area contributed by atoms with Crippen LogP contribution >= 0.6 is 11.6 Å². The number of hydrogen-bond donors (Lipinski definition) is 3. The van der Waals surface area contributed by atoms with Crippen molar-refractivity contribution in [3.63, 3.8) is 0 Å². The maximum atomic E-state index is 12.7. The normalized spacial score (nSPS) is 12.5. The summed E-state index contributed by atoms with van der Waals surface area (Å²) < 4.78 is 5.03. The third kappa shape index (κ3) is 6.28. The average molecular weight is 405 g/mol. The Morgan fingerprint density at radius 2 is 1.86 bits per heavy atom. The van der Waals surface area contributed by atoms with E-state index in [2.05, 4.69) is 10.6 Å². The van der Waals surface area contributed by atoms with Gasteiger partial charge in [-0.25, -0.2) is 4.79 Å². The van der Waals surface area contributed by atoms with Gasteiger partial charge in [-0.3, -0.25) is 9.59 Å². The SMILES string of the molecule is CC(C)CC(NC(=O)/C(=C\c1ccc(Cl)cc1)NC(=O)c1ccco1)C(=O)O. The summed E-state index contributed by atoms with van der Waals surface area (Å²) in [6.45, 7) is 3.70. The topological polar surface area (TPSA) is 109 Å². The molecule has 0 bridgehead atoms. The number of carboxylic acids is 1. The number of carbonyl (C=O) groups excluding carboxylic acids is 2. The van der Waals surface area contributed by atoms with Crippen LogP contribution in [-0.4, -0.2) is 28.9 Å². The summed E-state index contributed by atoms with van der Waals surface area (Å²) in [5, 5.41) is 14.8. The van der Waals surface area contributed by atoms with Crippen LogP contribution in [0.15, 0.2) is 52.8 Å². The molecule has 1 atom stereocenters. The van der Waals surface area contributed by atoms with E-state index in [1.807, 2.05) is 13.8 Å². The quantitative estimate of drug-likeness (QED) is 0.585. The number of benzene rings is 1. The Kier molecular flexibility index (Phi) is 7.40. The van der Waals surface area contributed by atoms with Gasteiger partial charge in [0, 0.05) is 5.02 Å². The highest BCUT2D eigenvalue weighted by Gasteiger charge is 2.24. The lowest BCUT2D eigenvalue weighted by molar-refractivity contribution is -0.141. The van der Waals surface area contributed by atoms with Crippen molar-refractivity contribution in [1.29, 1.82) is 0 Å². The Morgan fingerprint density at radius 1 is 1.18 bits per heavy atom. The van der Waals surface area contributed by atoms with Crippen molar-refractivity contribution in [2.45, 2.75) is 26.3 Å². The molecule has 0 saturated heterocycles. The minimum absolute atomic E-state index is 0.0202. The standard InChI is InChI=1S/C20H21ClN2O5/c1-12(2)10-16(20(26)27)23-18(24)15(11-13-5-7-14(21)8-6-13)22-19(25)17-4-3-9-28-17/h3-9,11-12,16H,10H2,1-2H3,(H,22,25)(H,23,24)(H,26,27)/b15-11+. The molecule has 0 aliphatic rings. The number of rotatable bonds is 8. The molecule has 0 aliphatic carbocycles. The maximum absolute atomic E-state index is 12.7. The number of aliphatic carboxylic acids is 1. The molecule has 0 radical (unpaired) electrons. The molecule has 0 fully saturated rings. The number of amides is 2. The molecule has 1 aromatic heterocycles. The first kappa shape index (κ1) is 21.2. The second-order valence-electron chi connectivity index (χ2n) is 6.53. The van der Waals surface area contributed by atoms with Crippen LogP contribution in [0.3, 0.4) is 0 Å². The van der Waals surface area contributed by atoms with Gasteiger partial charge in [0.15, 0.2) is 5.76 Å². The monoisotopic (exact) mass is 404 g/mol. The van der Waals surface area contributed by atoms with Gasteiger partial charge < -0.3 is 20.2 Å². The van der Waals surface area contributed by atoms with Crippen LogP contribution in [0.25, 0.3) is 6.08 Å². The zero-order valence-corrected chi connectivity index (χ0v) is 16.2. The van der Waals surface area contributed by atoms with Crippen LogP contribution in [0.5, 0.6) is 0 Å². The Balaban J connectivity index is 2.28. The molecule has 148 valence electrons. The number of nitrogens with one attached hydrogen (secondary N) is 2. The number of carboxylic acid groups (broad SMARTS) is 1. The largest absolute Gasteiger partial charge is 0.480 e. The average Bonchev–Trinajstić information content (AvgIpc) is 3.16. The van der Waals surface area contributed by atoms with E-state index in [0.717, 1.165) is 0 Å². The Labute approximate surface area is 167 Å². The summed E-state index contributed by atoms with van der Waals surface area (Å²) >= 11 is 5.87.